The first kappa shape index (κ1) is 15.0. The van der Waals surface area contributed by atoms with Crippen LogP contribution in [0.3, 0.4) is 0 Å². The summed E-state index contributed by atoms with van der Waals surface area (Å²) >= 11 is 0. The van der Waals surface area contributed by atoms with Crippen molar-refractivity contribution < 1.29 is 9.59 Å². The molecule has 0 atom stereocenters. The third-order valence-electron chi connectivity index (χ3n) is 3.75. The second-order valence-electron chi connectivity index (χ2n) is 5.54. The van der Waals surface area contributed by atoms with Crippen LogP contribution in [-0.2, 0) is 9.59 Å². The normalized spacial score (nSPS) is 14.0. The number of carbonyl (C=O) groups is 2. The number of aliphatic imine (C=N–C) groups is 1. The summed E-state index contributed by atoms with van der Waals surface area (Å²) in [6, 6.07) is 15.1. The summed E-state index contributed by atoms with van der Waals surface area (Å²) in [5.41, 5.74) is 9.29. The van der Waals surface area contributed by atoms with Crippen LogP contribution in [0.15, 0.2) is 53.5 Å². The SMILES string of the molecule is Cc1ccc(C2=Nc3ccccc3N(CC(N)=O)C(=O)C2)cc1. The fourth-order valence-electron chi connectivity index (χ4n) is 2.59. The van der Waals surface area contributed by atoms with Crippen LogP contribution in [0, 0.1) is 6.92 Å². The molecule has 23 heavy (non-hydrogen) atoms. The van der Waals surface area contributed by atoms with Crippen LogP contribution >= 0.6 is 0 Å². The molecule has 1 heterocycles. The maximum absolute atomic E-state index is 12.6. The van der Waals surface area contributed by atoms with Crippen LogP contribution in [0.2, 0.25) is 0 Å². The second kappa shape index (κ2) is 6.04. The summed E-state index contributed by atoms with van der Waals surface area (Å²) in [4.78, 5) is 30.0. The summed E-state index contributed by atoms with van der Waals surface area (Å²) < 4.78 is 0. The molecule has 0 aliphatic carbocycles. The van der Waals surface area contributed by atoms with Gasteiger partial charge < -0.3 is 10.6 Å². The van der Waals surface area contributed by atoms with Gasteiger partial charge in [0.1, 0.15) is 6.54 Å². The molecule has 2 amide bonds. The van der Waals surface area contributed by atoms with E-state index in [1.54, 1.807) is 6.07 Å². The Morgan fingerprint density at radius 2 is 1.87 bits per heavy atom. The maximum atomic E-state index is 12.6. The molecule has 0 aromatic heterocycles. The minimum atomic E-state index is -0.549. The quantitative estimate of drug-likeness (QED) is 0.945. The topological polar surface area (TPSA) is 75.8 Å². The second-order valence-corrected chi connectivity index (χ2v) is 5.54. The van der Waals surface area contributed by atoms with E-state index in [9.17, 15) is 9.59 Å². The summed E-state index contributed by atoms with van der Waals surface area (Å²) in [5, 5.41) is 0. The monoisotopic (exact) mass is 307 g/mol. The highest BCUT2D eigenvalue weighted by Crippen LogP contribution is 2.32. The molecule has 5 nitrogen and oxygen atoms in total. The Labute approximate surface area is 134 Å². The van der Waals surface area contributed by atoms with E-state index in [0.717, 1.165) is 11.1 Å². The number of hydrogen-bond donors (Lipinski definition) is 1. The zero-order valence-corrected chi connectivity index (χ0v) is 12.8. The minimum Gasteiger partial charge on any atom is -0.368 e. The van der Waals surface area contributed by atoms with Crippen LogP contribution in [0.4, 0.5) is 11.4 Å². The van der Waals surface area contributed by atoms with E-state index in [0.29, 0.717) is 17.1 Å². The van der Waals surface area contributed by atoms with E-state index in [2.05, 4.69) is 4.99 Å². The fraction of sp³-hybridized carbons (Fsp3) is 0.167. The first-order valence-corrected chi connectivity index (χ1v) is 7.37. The number of fused-ring (bicyclic) bond motifs is 1. The van der Waals surface area contributed by atoms with Gasteiger partial charge in [-0.05, 0) is 24.6 Å². The fourth-order valence-corrected chi connectivity index (χ4v) is 2.59. The van der Waals surface area contributed by atoms with Crippen LogP contribution in [0.25, 0.3) is 0 Å². The standard InChI is InChI=1S/C18H17N3O2/c1-12-6-8-13(9-7-12)15-10-18(23)21(11-17(19)22)16-5-3-2-4-14(16)20-15/h2-9H,10-11H2,1H3,(H2,19,22). The smallest absolute Gasteiger partial charge is 0.237 e. The lowest BCUT2D eigenvalue weighted by Gasteiger charge is -2.20. The predicted molar refractivity (Wildman–Crippen MR) is 90.0 cm³/mol. The van der Waals surface area contributed by atoms with Crippen molar-refractivity contribution in [2.45, 2.75) is 13.3 Å². The van der Waals surface area contributed by atoms with E-state index in [1.165, 1.54) is 4.90 Å². The molecule has 0 saturated heterocycles. The molecule has 0 spiro atoms. The third-order valence-corrected chi connectivity index (χ3v) is 3.75. The van der Waals surface area contributed by atoms with Crippen LogP contribution < -0.4 is 10.6 Å². The maximum Gasteiger partial charge on any atom is 0.237 e. The number of rotatable bonds is 3. The lowest BCUT2D eigenvalue weighted by Crippen LogP contribution is -2.38. The Hall–Kier alpha value is -2.95. The van der Waals surface area contributed by atoms with Gasteiger partial charge in [-0.1, -0.05) is 42.0 Å². The molecule has 2 aromatic rings. The van der Waals surface area contributed by atoms with E-state index < -0.39 is 5.91 Å². The molecule has 5 heteroatoms. The molecule has 0 bridgehead atoms. The van der Waals surface area contributed by atoms with Crippen LogP contribution in [-0.4, -0.2) is 24.1 Å². The highest BCUT2D eigenvalue weighted by Gasteiger charge is 2.25. The average molecular weight is 307 g/mol. The van der Waals surface area contributed by atoms with Crippen molar-refractivity contribution >= 4 is 28.9 Å². The van der Waals surface area contributed by atoms with E-state index >= 15 is 0 Å². The first-order valence-electron chi connectivity index (χ1n) is 7.37. The number of para-hydroxylation sites is 2. The van der Waals surface area contributed by atoms with Gasteiger partial charge in [0, 0.05) is 0 Å². The number of primary amides is 1. The third kappa shape index (κ3) is 3.13. The Bertz CT molecular complexity index is 794. The molecule has 2 N–H and O–H groups in total. The Morgan fingerprint density at radius 1 is 1.17 bits per heavy atom. The predicted octanol–water partition coefficient (Wildman–Crippen LogP) is 2.34. The Kier molecular flexibility index (Phi) is 3.93. The van der Waals surface area contributed by atoms with Crippen LogP contribution in [0.1, 0.15) is 17.5 Å². The number of carbonyl (C=O) groups excluding carboxylic acids is 2. The van der Waals surface area contributed by atoms with Gasteiger partial charge >= 0.3 is 0 Å². The van der Waals surface area contributed by atoms with Crippen LogP contribution in [0.5, 0.6) is 0 Å². The highest BCUT2D eigenvalue weighted by atomic mass is 16.2. The van der Waals surface area contributed by atoms with E-state index in [4.69, 9.17) is 5.73 Å². The summed E-state index contributed by atoms with van der Waals surface area (Å²) in [7, 11) is 0. The molecule has 0 unspecified atom stereocenters. The first-order chi connectivity index (χ1) is 11.0. The number of benzene rings is 2. The van der Waals surface area contributed by atoms with Crippen molar-refractivity contribution in [1.82, 2.24) is 0 Å². The van der Waals surface area contributed by atoms with Gasteiger partial charge in [0.05, 0.1) is 23.5 Å². The largest absolute Gasteiger partial charge is 0.368 e. The van der Waals surface area contributed by atoms with Gasteiger partial charge in [-0.3, -0.25) is 14.6 Å². The summed E-state index contributed by atoms with van der Waals surface area (Å²) in [5.74, 6) is -0.736. The highest BCUT2D eigenvalue weighted by molar-refractivity contribution is 6.18. The van der Waals surface area contributed by atoms with Gasteiger partial charge in [0.2, 0.25) is 11.8 Å². The average Bonchev–Trinajstić information content (AvgIpc) is 2.65. The van der Waals surface area contributed by atoms with Crippen molar-refractivity contribution in [3.8, 4) is 0 Å². The molecule has 0 radical (unpaired) electrons. The molecule has 0 fully saturated rings. The zero-order valence-electron chi connectivity index (χ0n) is 12.8. The lowest BCUT2D eigenvalue weighted by molar-refractivity contribution is -0.121. The van der Waals surface area contributed by atoms with E-state index in [-0.39, 0.29) is 18.9 Å². The number of anilines is 1. The number of nitrogens with two attached hydrogens (primary N) is 1. The van der Waals surface area contributed by atoms with Crippen molar-refractivity contribution in [1.29, 1.82) is 0 Å². The number of amides is 2. The summed E-state index contributed by atoms with van der Waals surface area (Å²) in [6.45, 7) is 1.86. The van der Waals surface area contributed by atoms with Gasteiger partial charge in [0.15, 0.2) is 0 Å². The van der Waals surface area contributed by atoms with Crippen molar-refractivity contribution in [3.63, 3.8) is 0 Å². The van der Waals surface area contributed by atoms with E-state index in [1.807, 2.05) is 49.4 Å². The molecule has 1 aliphatic heterocycles. The Morgan fingerprint density at radius 3 is 2.57 bits per heavy atom. The minimum absolute atomic E-state index is 0.130. The lowest BCUT2D eigenvalue weighted by atomic mass is 10.1. The number of hydrogen-bond acceptors (Lipinski definition) is 3. The summed E-state index contributed by atoms with van der Waals surface area (Å²) in [6.07, 6.45) is 0.130. The molecule has 116 valence electrons. The van der Waals surface area contributed by atoms with Gasteiger partial charge in [-0.15, -0.1) is 0 Å². The van der Waals surface area contributed by atoms with Crippen molar-refractivity contribution in [3.05, 3.63) is 59.7 Å². The van der Waals surface area contributed by atoms with Crippen molar-refractivity contribution in [2.24, 2.45) is 10.7 Å². The van der Waals surface area contributed by atoms with Gasteiger partial charge in [-0.2, -0.15) is 0 Å². The number of aryl methyl sites for hydroxylation is 1. The molecule has 0 saturated carbocycles. The zero-order chi connectivity index (χ0) is 16.4. The van der Waals surface area contributed by atoms with Gasteiger partial charge in [-0.25, -0.2) is 0 Å². The molecule has 2 aromatic carbocycles. The number of nitrogens with zero attached hydrogens (tertiary/aromatic N) is 2. The molecule has 1 aliphatic rings. The van der Waals surface area contributed by atoms with Crippen molar-refractivity contribution in [2.75, 3.05) is 11.4 Å². The Balaban J connectivity index is 2.07. The molecular formula is C18H17N3O2. The molecular weight excluding hydrogens is 290 g/mol. The van der Waals surface area contributed by atoms with Gasteiger partial charge in [0.25, 0.3) is 0 Å². The molecule has 3 rings (SSSR count).